The molecule has 2 aliphatic rings. The van der Waals surface area contributed by atoms with Gasteiger partial charge in [-0.15, -0.1) is 0 Å². The number of nitrogens with zero attached hydrogens (tertiary/aromatic N) is 3. The van der Waals surface area contributed by atoms with Crippen molar-refractivity contribution in [3.05, 3.63) is 71.5 Å². The van der Waals surface area contributed by atoms with Gasteiger partial charge in [0.2, 0.25) is 15.9 Å². The Balaban J connectivity index is 1.37. The molecule has 0 unspecified atom stereocenters. The number of carbonyl (C=O) groups excluding carboxylic acids is 3. The number of sulfonamides is 1. The van der Waals surface area contributed by atoms with Crippen LogP contribution in [0.4, 0.5) is 4.39 Å². The van der Waals surface area contributed by atoms with E-state index in [1.54, 1.807) is 48.3 Å². The summed E-state index contributed by atoms with van der Waals surface area (Å²) < 4.78 is 38.4. The molecule has 1 aliphatic carbocycles. The monoisotopic (exact) mass is 571 g/mol. The Kier molecular flexibility index (Phi) is 9.09. The van der Waals surface area contributed by atoms with E-state index in [9.17, 15) is 27.2 Å². The summed E-state index contributed by atoms with van der Waals surface area (Å²) in [6.07, 6.45) is 3.51. The maximum Gasteiger partial charge on any atom is 0.254 e. The third kappa shape index (κ3) is 7.14. The van der Waals surface area contributed by atoms with Gasteiger partial charge in [0.05, 0.1) is 6.26 Å². The summed E-state index contributed by atoms with van der Waals surface area (Å²) in [6.45, 7) is 2.99. The van der Waals surface area contributed by atoms with Crippen molar-refractivity contribution in [1.29, 1.82) is 0 Å². The Morgan fingerprint density at radius 2 is 1.65 bits per heavy atom. The minimum Gasteiger partial charge on any atom is -0.338 e. The number of amides is 2. The molecule has 2 amide bonds. The minimum absolute atomic E-state index is 0.108. The lowest BCUT2D eigenvalue weighted by atomic mass is 9.93. The summed E-state index contributed by atoms with van der Waals surface area (Å²) in [7, 11) is -1.74. The molecule has 2 aromatic rings. The highest BCUT2D eigenvalue weighted by Crippen LogP contribution is 2.61. The average Bonchev–Trinajstić information content (AvgIpc) is 3.60. The normalized spacial score (nSPS) is 22.0. The predicted octanol–water partition coefficient (Wildman–Crippen LogP) is 3.69. The van der Waals surface area contributed by atoms with E-state index >= 15 is 0 Å². The highest BCUT2D eigenvalue weighted by atomic mass is 32.2. The molecule has 4 rings (SSSR count). The molecule has 0 N–H and O–H groups in total. The van der Waals surface area contributed by atoms with Crippen molar-refractivity contribution in [1.82, 2.24) is 14.1 Å². The third-order valence-electron chi connectivity index (χ3n) is 8.27. The summed E-state index contributed by atoms with van der Waals surface area (Å²) in [5.41, 5.74) is 1.36. The molecule has 8 nitrogen and oxygen atoms in total. The maximum atomic E-state index is 13.6. The molecular weight excluding hydrogens is 533 g/mol. The Morgan fingerprint density at radius 3 is 2.25 bits per heavy atom. The summed E-state index contributed by atoms with van der Waals surface area (Å²) >= 11 is 0. The highest BCUT2D eigenvalue weighted by Gasteiger charge is 2.51. The number of benzene rings is 2. The lowest BCUT2D eigenvalue weighted by molar-refractivity contribution is -0.137. The van der Waals surface area contributed by atoms with E-state index in [0.29, 0.717) is 31.2 Å². The van der Waals surface area contributed by atoms with Crippen LogP contribution in [0.25, 0.3) is 0 Å². The number of hydrogen-bond acceptors (Lipinski definition) is 5. The van der Waals surface area contributed by atoms with Crippen LogP contribution in [0.15, 0.2) is 54.6 Å². The van der Waals surface area contributed by atoms with Gasteiger partial charge in [-0.05, 0) is 60.4 Å². The lowest BCUT2D eigenvalue weighted by Crippen LogP contribution is -2.56. The summed E-state index contributed by atoms with van der Waals surface area (Å²) in [4.78, 5) is 42.8. The van der Waals surface area contributed by atoms with Crippen molar-refractivity contribution in [3.8, 4) is 0 Å². The van der Waals surface area contributed by atoms with Crippen molar-refractivity contribution in [3.63, 3.8) is 0 Å². The van der Waals surface area contributed by atoms with Crippen LogP contribution in [0.3, 0.4) is 0 Å². The van der Waals surface area contributed by atoms with Crippen LogP contribution in [0.5, 0.6) is 0 Å². The van der Waals surface area contributed by atoms with Gasteiger partial charge >= 0.3 is 0 Å². The van der Waals surface area contributed by atoms with Crippen molar-refractivity contribution in [2.24, 2.45) is 5.41 Å². The van der Waals surface area contributed by atoms with Crippen LogP contribution in [0.2, 0.25) is 0 Å². The fraction of sp³-hybridized carbons (Fsp3) is 0.500. The van der Waals surface area contributed by atoms with Gasteiger partial charge in [0, 0.05) is 51.6 Å². The number of hydrogen-bond donors (Lipinski definition) is 0. The minimum atomic E-state index is -3.34. The molecule has 1 aliphatic heterocycles. The van der Waals surface area contributed by atoms with Crippen LogP contribution < -0.4 is 0 Å². The molecule has 216 valence electrons. The SMILES string of the molecule is CN(C(=O)c1ccccc1)[C@@H](CCCC(=O)C[C@]1(C)C[C@H]1c1ccc(F)cc1)C(=O)N1CCN(S(C)(=O)=O)CC1. The average molecular weight is 572 g/mol. The first-order valence-electron chi connectivity index (χ1n) is 13.7. The van der Waals surface area contributed by atoms with Crippen LogP contribution in [-0.4, -0.2) is 85.6 Å². The molecule has 1 saturated carbocycles. The third-order valence-corrected chi connectivity index (χ3v) is 9.57. The molecule has 2 fully saturated rings. The zero-order chi connectivity index (χ0) is 29.1. The van der Waals surface area contributed by atoms with Crippen molar-refractivity contribution in [2.45, 2.75) is 51.0 Å². The molecule has 0 spiro atoms. The van der Waals surface area contributed by atoms with E-state index in [0.717, 1.165) is 18.2 Å². The molecule has 3 atom stereocenters. The zero-order valence-corrected chi connectivity index (χ0v) is 24.2. The van der Waals surface area contributed by atoms with Crippen LogP contribution >= 0.6 is 0 Å². The van der Waals surface area contributed by atoms with Crippen LogP contribution in [-0.2, 0) is 19.6 Å². The van der Waals surface area contributed by atoms with Gasteiger partial charge in [0.1, 0.15) is 17.6 Å². The quantitative estimate of drug-likeness (QED) is 0.410. The van der Waals surface area contributed by atoms with Gasteiger partial charge in [-0.25, -0.2) is 12.8 Å². The van der Waals surface area contributed by atoms with Gasteiger partial charge in [0.15, 0.2) is 0 Å². The second kappa shape index (κ2) is 12.2. The number of likely N-dealkylation sites (N-methyl/N-ethyl adjacent to an activating group) is 1. The van der Waals surface area contributed by atoms with E-state index in [1.165, 1.54) is 21.3 Å². The highest BCUT2D eigenvalue weighted by molar-refractivity contribution is 7.88. The Hall–Kier alpha value is -3.11. The molecule has 0 radical (unpaired) electrons. The number of rotatable bonds is 11. The summed E-state index contributed by atoms with van der Waals surface area (Å²) in [5.74, 6) is -0.464. The van der Waals surface area contributed by atoms with Gasteiger partial charge in [-0.1, -0.05) is 37.3 Å². The van der Waals surface area contributed by atoms with E-state index in [-0.39, 0.29) is 60.9 Å². The summed E-state index contributed by atoms with van der Waals surface area (Å²) in [6, 6.07) is 14.4. The largest absolute Gasteiger partial charge is 0.338 e. The molecule has 0 bridgehead atoms. The maximum absolute atomic E-state index is 13.6. The first-order chi connectivity index (χ1) is 18.9. The Bertz CT molecular complexity index is 1330. The zero-order valence-electron chi connectivity index (χ0n) is 23.4. The van der Waals surface area contributed by atoms with E-state index in [2.05, 4.69) is 6.92 Å². The molecule has 1 saturated heterocycles. The Labute approximate surface area is 236 Å². The molecule has 10 heteroatoms. The predicted molar refractivity (Wildman–Crippen MR) is 151 cm³/mol. The van der Waals surface area contributed by atoms with Crippen molar-refractivity contribution >= 4 is 27.6 Å². The van der Waals surface area contributed by atoms with Gasteiger partial charge in [-0.2, -0.15) is 4.31 Å². The van der Waals surface area contributed by atoms with Crippen molar-refractivity contribution < 1.29 is 27.2 Å². The topological polar surface area (TPSA) is 95.1 Å². The van der Waals surface area contributed by atoms with E-state index in [4.69, 9.17) is 0 Å². The molecule has 2 aromatic carbocycles. The number of halogens is 1. The molecule has 40 heavy (non-hydrogen) atoms. The number of Topliss-reactive ketones (excluding diaryl/α,β-unsaturated/α-hetero) is 1. The van der Waals surface area contributed by atoms with Gasteiger partial charge < -0.3 is 9.80 Å². The molecular formula is C30H38FN3O5S. The molecule has 1 heterocycles. The van der Waals surface area contributed by atoms with E-state index < -0.39 is 16.1 Å². The standard InChI is InChI=1S/C30H38FN3O5S/c1-30(21-26(30)22-12-14-24(31)15-13-22)20-25(35)10-7-11-27(32(2)28(36)23-8-5-4-6-9-23)29(37)33-16-18-34(19-17-33)40(3,38)39/h4-6,8-9,12-15,26-27H,7,10-11,16-21H2,1-3H3/t26-,27-,30+/m0/s1. The fourth-order valence-corrected chi connectivity index (χ4v) is 6.54. The fourth-order valence-electron chi connectivity index (χ4n) is 5.71. The summed E-state index contributed by atoms with van der Waals surface area (Å²) in [5, 5.41) is 0. The van der Waals surface area contributed by atoms with Crippen molar-refractivity contribution in [2.75, 3.05) is 39.5 Å². The van der Waals surface area contributed by atoms with Gasteiger partial charge in [0.25, 0.3) is 5.91 Å². The van der Waals surface area contributed by atoms with E-state index in [1.807, 2.05) is 6.07 Å². The number of ketones is 1. The smallest absolute Gasteiger partial charge is 0.254 e. The number of carbonyl (C=O) groups is 3. The van der Waals surface area contributed by atoms with Crippen LogP contribution in [0.1, 0.15) is 60.9 Å². The first kappa shape index (κ1) is 29.9. The Morgan fingerprint density at radius 1 is 1.02 bits per heavy atom. The lowest BCUT2D eigenvalue weighted by Gasteiger charge is -2.37. The second-order valence-corrected chi connectivity index (χ2v) is 13.3. The van der Waals surface area contributed by atoms with Gasteiger partial charge in [-0.3, -0.25) is 14.4 Å². The molecule has 0 aromatic heterocycles. The van der Waals surface area contributed by atoms with Crippen LogP contribution in [0, 0.1) is 11.2 Å². The second-order valence-electron chi connectivity index (χ2n) is 11.4. The number of piperazine rings is 1. The first-order valence-corrected chi connectivity index (χ1v) is 15.6.